The molecule has 1 aromatic carbocycles. The van der Waals surface area contributed by atoms with Crippen LogP contribution in [0.15, 0.2) is 24.3 Å². The number of rotatable bonds is 5. The van der Waals surface area contributed by atoms with Crippen molar-refractivity contribution in [3.63, 3.8) is 0 Å². The van der Waals surface area contributed by atoms with E-state index in [4.69, 9.17) is 5.41 Å². The number of benzene rings is 1. The quantitative estimate of drug-likeness (QED) is 0.342. The van der Waals surface area contributed by atoms with E-state index in [1.54, 1.807) is 24.3 Å². The molecule has 0 aromatic heterocycles. The van der Waals surface area contributed by atoms with Crippen LogP contribution in [0, 0.1) is 5.41 Å². The summed E-state index contributed by atoms with van der Waals surface area (Å²) in [6, 6.07) is 6.85. The van der Waals surface area contributed by atoms with Gasteiger partial charge >= 0.3 is 0 Å². The molecule has 0 unspecified atom stereocenters. The molecule has 0 spiro atoms. The lowest BCUT2D eigenvalue weighted by Gasteiger charge is -2.13. The van der Waals surface area contributed by atoms with Crippen LogP contribution in [0.1, 0.15) is 27.1 Å². The first kappa shape index (κ1) is 11.3. The number of carbonyl (C=O) groups is 2. The van der Waals surface area contributed by atoms with Crippen molar-refractivity contribution in [3.8, 4) is 0 Å². The molecule has 0 atom stereocenters. The minimum Gasteiger partial charge on any atom is -0.377 e. The average molecular weight is 231 g/mol. The zero-order valence-corrected chi connectivity index (χ0v) is 9.27. The van der Waals surface area contributed by atoms with Gasteiger partial charge in [0.15, 0.2) is 0 Å². The van der Waals surface area contributed by atoms with Gasteiger partial charge in [-0.3, -0.25) is 19.9 Å². The summed E-state index contributed by atoms with van der Waals surface area (Å²) in [5.74, 6) is -0.444. The first-order chi connectivity index (χ1) is 8.25. The maximum atomic E-state index is 11.9. The van der Waals surface area contributed by atoms with Crippen molar-refractivity contribution >= 4 is 18.2 Å². The van der Waals surface area contributed by atoms with Gasteiger partial charge in [0.05, 0.1) is 17.5 Å². The molecule has 1 heterocycles. The van der Waals surface area contributed by atoms with E-state index in [0.717, 1.165) is 6.34 Å². The van der Waals surface area contributed by atoms with Crippen LogP contribution in [-0.2, 0) is 0 Å². The van der Waals surface area contributed by atoms with Crippen molar-refractivity contribution in [3.05, 3.63) is 35.4 Å². The number of imide groups is 1. The standard InChI is InChI=1S/C12H13N3O2/c13-8-14-6-3-7-15-11(16)9-4-1-2-5-10(9)12(15)17/h1-2,4-5,8H,3,6-7H2,(H2,13,14). The van der Waals surface area contributed by atoms with Crippen molar-refractivity contribution in [2.75, 3.05) is 13.1 Å². The summed E-state index contributed by atoms with van der Waals surface area (Å²) in [4.78, 5) is 25.1. The summed E-state index contributed by atoms with van der Waals surface area (Å²) >= 11 is 0. The van der Waals surface area contributed by atoms with Crippen molar-refractivity contribution in [1.82, 2.24) is 10.2 Å². The summed E-state index contributed by atoms with van der Waals surface area (Å²) in [5.41, 5.74) is 0.968. The number of hydrogen-bond acceptors (Lipinski definition) is 3. The van der Waals surface area contributed by atoms with Crippen molar-refractivity contribution in [2.45, 2.75) is 6.42 Å². The normalized spacial score (nSPS) is 13.8. The van der Waals surface area contributed by atoms with Crippen LogP contribution < -0.4 is 5.32 Å². The molecule has 2 rings (SSSR count). The molecular formula is C12H13N3O2. The van der Waals surface area contributed by atoms with E-state index in [2.05, 4.69) is 5.32 Å². The fourth-order valence-corrected chi connectivity index (χ4v) is 1.85. The maximum absolute atomic E-state index is 11.9. The lowest BCUT2D eigenvalue weighted by molar-refractivity contribution is 0.0653. The first-order valence-electron chi connectivity index (χ1n) is 5.43. The molecule has 0 bridgehead atoms. The molecule has 2 amide bonds. The van der Waals surface area contributed by atoms with E-state index in [-0.39, 0.29) is 11.8 Å². The highest BCUT2D eigenvalue weighted by molar-refractivity contribution is 6.21. The molecule has 88 valence electrons. The predicted molar refractivity (Wildman–Crippen MR) is 63.2 cm³/mol. The van der Waals surface area contributed by atoms with Gasteiger partial charge in [-0.1, -0.05) is 12.1 Å². The highest BCUT2D eigenvalue weighted by Gasteiger charge is 2.34. The van der Waals surface area contributed by atoms with Gasteiger partial charge in [-0.05, 0) is 18.6 Å². The Morgan fingerprint density at radius 1 is 1.18 bits per heavy atom. The lowest BCUT2D eigenvalue weighted by atomic mass is 10.1. The Kier molecular flexibility index (Phi) is 3.18. The SMILES string of the molecule is N=CNCCCN1C(=O)c2ccccc2C1=O. The molecule has 0 aliphatic carbocycles. The Hall–Kier alpha value is -2.17. The highest BCUT2D eigenvalue weighted by Crippen LogP contribution is 2.22. The van der Waals surface area contributed by atoms with Crippen LogP contribution >= 0.6 is 0 Å². The fraction of sp³-hybridized carbons (Fsp3) is 0.250. The molecule has 2 N–H and O–H groups in total. The fourth-order valence-electron chi connectivity index (χ4n) is 1.85. The van der Waals surface area contributed by atoms with Gasteiger partial charge in [0, 0.05) is 13.1 Å². The molecule has 0 fully saturated rings. The summed E-state index contributed by atoms with van der Waals surface area (Å²) in [6.07, 6.45) is 1.74. The molecule has 0 saturated carbocycles. The molecule has 0 saturated heterocycles. The second-order valence-electron chi connectivity index (χ2n) is 3.76. The van der Waals surface area contributed by atoms with Crippen molar-refractivity contribution in [1.29, 1.82) is 5.41 Å². The molecule has 1 aliphatic rings. The summed E-state index contributed by atoms with van der Waals surface area (Å²) < 4.78 is 0. The average Bonchev–Trinajstić information content (AvgIpc) is 2.60. The zero-order valence-electron chi connectivity index (χ0n) is 9.27. The molecular weight excluding hydrogens is 218 g/mol. The zero-order chi connectivity index (χ0) is 12.3. The third-order valence-corrected chi connectivity index (χ3v) is 2.68. The smallest absolute Gasteiger partial charge is 0.261 e. The lowest BCUT2D eigenvalue weighted by Crippen LogP contribution is -2.32. The summed E-state index contributed by atoms with van der Waals surface area (Å²) in [7, 11) is 0. The third-order valence-electron chi connectivity index (χ3n) is 2.68. The molecule has 0 radical (unpaired) electrons. The number of amides is 2. The van der Waals surface area contributed by atoms with Gasteiger partial charge in [0.2, 0.25) is 0 Å². The van der Waals surface area contributed by atoms with Crippen LogP contribution in [-0.4, -0.2) is 36.1 Å². The van der Waals surface area contributed by atoms with Gasteiger partial charge in [0.1, 0.15) is 0 Å². The van der Waals surface area contributed by atoms with Gasteiger partial charge in [-0.2, -0.15) is 0 Å². The predicted octanol–water partition coefficient (Wildman–Crippen LogP) is 0.869. The van der Waals surface area contributed by atoms with E-state index in [1.165, 1.54) is 4.90 Å². The van der Waals surface area contributed by atoms with Gasteiger partial charge in [-0.15, -0.1) is 0 Å². The Morgan fingerprint density at radius 2 is 1.76 bits per heavy atom. The van der Waals surface area contributed by atoms with Crippen LogP contribution in [0.2, 0.25) is 0 Å². The molecule has 1 aliphatic heterocycles. The van der Waals surface area contributed by atoms with Crippen LogP contribution in [0.25, 0.3) is 0 Å². The summed E-state index contributed by atoms with van der Waals surface area (Å²) in [5, 5.41) is 9.51. The Balaban J connectivity index is 2.05. The number of fused-ring (bicyclic) bond motifs is 1. The van der Waals surface area contributed by atoms with Gasteiger partial charge in [0.25, 0.3) is 11.8 Å². The van der Waals surface area contributed by atoms with E-state index in [1.807, 2.05) is 0 Å². The molecule has 1 aromatic rings. The highest BCUT2D eigenvalue weighted by atomic mass is 16.2. The number of nitrogens with zero attached hydrogens (tertiary/aromatic N) is 1. The molecule has 5 heteroatoms. The van der Waals surface area contributed by atoms with Crippen LogP contribution in [0.5, 0.6) is 0 Å². The molecule has 5 nitrogen and oxygen atoms in total. The van der Waals surface area contributed by atoms with E-state index >= 15 is 0 Å². The third kappa shape index (κ3) is 2.04. The maximum Gasteiger partial charge on any atom is 0.261 e. The first-order valence-corrected chi connectivity index (χ1v) is 5.43. The van der Waals surface area contributed by atoms with Gasteiger partial charge < -0.3 is 5.32 Å². The van der Waals surface area contributed by atoms with Crippen molar-refractivity contribution < 1.29 is 9.59 Å². The number of hydrogen-bond donors (Lipinski definition) is 2. The number of nitrogens with one attached hydrogen (secondary N) is 2. The van der Waals surface area contributed by atoms with Crippen LogP contribution in [0.4, 0.5) is 0 Å². The second-order valence-corrected chi connectivity index (χ2v) is 3.76. The minimum absolute atomic E-state index is 0.222. The van der Waals surface area contributed by atoms with Crippen molar-refractivity contribution in [2.24, 2.45) is 0 Å². The Labute approximate surface area is 98.9 Å². The van der Waals surface area contributed by atoms with E-state index < -0.39 is 0 Å². The van der Waals surface area contributed by atoms with E-state index in [0.29, 0.717) is 30.6 Å². The number of carbonyl (C=O) groups excluding carboxylic acids is 2. The Bertz CT molecular complexity index is 436. The largest absolute Gasteiger partial charge is 0.377 e. The van der Waals surface area contributed by atoms with E-state index in [9.17, 15) is 9.59 Å². The summed E-state index contributed by atoms with van der Waals surface area (Å²) in [6.45, 7) is 0.962. The molecule has 17 heavy (non-hydrogen) atoms. The van der Waals surface area contributed by atoms with Gasteiger partial charge in [-0.25, -0.2) is 0 Å². The monoisotopic (exact) mass is 231 g/mol. The topological polar surface area (TPSA) is 73.3 Å². The van der Waals surface area contributed by atoms with Crippen LogP contribution in [0.3, 0.4) is 0 Å². The minimum atomic E-state index is -0.222. The Morgan fingerprint density at radius 3 is 2.29 bits per heavy atom. The second kappa shape index (κ2) is 4.78.